The van der Waals surface area contributed by atoms with Crippen LogP contribution in [0.4, 0.5) is 5.69 Å². The van der Waals surface area contributed by atoms with E-state index in [1.54, 1.807) is 17.4 Å². The second kappa shape index (κ2) is 8.69. The fourth-order valence-corrected chi connectivity index (χ4v) is 3.52. The highest BCUT2D eigenvalue weighted by atomic mass is 79.9. The largest absolute Gasteiger partial charge is 0.486 e. The van der Waals surface area contributed by atoms with Gasteiger partial charge in [0.1, 0.15) is 18.1 Å². The van der Waals surface area contributed by atoms with E-state index in [-0.39, 0.29) is 12.5 Å². The van der Waals surface area contributed by atoms with Crippen molar-refractivity contribution in [3.05, 3.63) is 75.4 Å². The van der Waals surface area contributed by atoms with Gasteiger partial charge in [0, 0.05) is 4.88 Å². The number of para-hydroxylation sites is 3. The van der Waals surface area contributed by atoms with Gasteiger partial charge < -0.3 is 14.8 Å². The summed E-state index contributed by atoms with van der Waals surface area (Å²) in [6, 6.07) is 20.6. The molecule has 1 amide bonds. The van der Waals surface area contributed by atoms with Gasteiger partial charge in [0.2, 0.25) is 0 Å². The van der Waals surface area contributed by atoms with Gasteiger partial charge in [-0.05, 0) is 52.3 Å². The molecule has 0 bridgehead atoms. The second-order valence-electron chi connectivity index (χ2n) is 5.14. The van der Waals surface area contributed by atoms with Crippen molar-refractivity contribution < 1.29 is 14.3 Å². The number of rotatable bonds is 7. The summed E-state index contributed by atoms with van der Waals surface area (Å²) in [6.45, 7) is 0.389. The van der Waals surface area contributed by atoms with Crippen LogP contribution in [0.5, 0.6) is 11.5 Å². The third-order valence-electron chi connectivity index (χ3n) is 3.27. The van der Waals surface area contributed by atoms with Gasteiger partial charge in [0.25, 0.3) is 5.91 Å². The molecule has 6 heteroatoms. The molecule has 0 saturated carbocycles. The maximum Gasteiger partial charge on any atom is 0.262 e. The lowest BCUT2D eigenvalue weighted by molar-refractivity contribution is -0.118. The predicted octanol–water partition coefficient (Wildman–Crippen LogP) is 5.11. The average molecular weight is 418 g/mol. The van der Waals surface area contributed by atoms with Crippen molar-refractivity contribution in [3.8, 4) is 11.5 Å². The second-order valence-corrected chi connectivity index (χ2v) is 7.69. The quantitative estimate of drug-likeness (QED) is 0.580. The van der Waals surface area contributed by atoms with Crippen LogP contribution in [0.2, 0.25) is 0 Å². The zero-order chi connectivity index (χ0) is 17.5. The number of amides is 1. The summed E-state index contributed by atoms with van der Waals surface area (Å²) >= 11 is 5.05. The lowest BCUT2D eigenvalue weighted by Crippen LogP contribution is -2.20. The number of hydrogen-bond acceptors (Lipinski definition) is 4. The lowest BCUT2D eigenvalue weighted by Gasteiger charge is -2.12. The summed E-state index contributed by atoms with van der Waals surface area (Å²) in [6.07, 6.45) is 0. The van der Waals surface area contributed by atoms with E-state index in [1.807, 2.05) is 60.7 Å². The molecule has 0 fully saturated rings. The Labute approximate surface area is 158 Å². The highest BCUT2D eigenvalue weighted by Gasteiger charge is 2.09. The van der Waals surface area contributed by atoms with E-state index in [1.165, 1.54) is 0 Å². The molecule has 3 rings (SSSR count). The van der Waals surface area contributed by atoms with E-state index >= 15 is 0 Å². The third kappa shape index (κ3) is 5.34. The minimum Gasteiger partial charge on any atom is -0.486 e. The van der Waals surface area contributed by atoms with Crippen molar-refractivity contribution in [3.63, 3.8) is 0 Å². The van der Waals surface area contributed by atoms with E-state index < -0.39 is 0 Å². The Balaban J connectivity index is 1.57. The molecule has 0 aliphatic rings. The van der Waals surface area contributed by atoms with Gasteiger partial charge in [-0.25, -0.2) is 0 Å². The first-order chi connectivity index (χ1) is 12.2. The maximum absolute atomic E-state index is 12.1. The maximum atomic E-state index is 12.1. The van der Waals surface area contributed by atoms with E-state index in [9.17, 15) is 4.79 Å². The number of halogens is 1. The van der Waals surface area contributed by atoms with Crippen LogP contribution in [0, 0.1) is 0 Å². The van der Waals surface area contributed by atoms with Crippen molar-refractivity contribution in [2.45, 2.75) is 6.61 Å². The number of anilines is 1. The lowest BCUT2D eigenvalue weighted by atomic mass is 10.3. The number of benzene rings is 2. The average Bonchev–Trinajstić information content (AvgIpc) is 3.05. The Bertz CT molecular complexity index is 835. The Kier molecular flexibility index (Phi) is 6.09. The van der Waals surface area contributed by atoms with Gasteiger partial charge in [-0.15, -0.1) is 11.3 Å². The van der Waals surface area contributed by atoms with Crippen LogP contribution in [-0.2, 0) is 11.4 Å². The Morgan fingerprint density at radius 1 is 0.960 bits per heavy atom. The molecule has 0 saturated heterocycles. The van der Waals surface area contributed by atoms with E-state index in [2.05, 4.69) is 21.2 Å². The first kappa shape index (κ1) is 17.5. The van der Waals surface area contributed by atoms with Crippen molar-refractivity contribution in [1.82, 2.24) is 0 Å². The van der Waals surface area contributed by atoms with E-state index in [4.69, 9.17) is 9.47 Å². The fourth-order valence-electron chi connectivity index (χ4n) is 2.13. The minimum absolute atomic E-state index is 0.0593. The summed E-state index contributed by atoms with van der Waals surface area (Å²) in [5, 5.41) is 2.83. The number of carbonyl (C=O) groups is 1. The number of hydrogen-bond donors (Lipinski definition) is 1. The summed E-state index contributed by atoms with van der Waals surface area (Å²) in [5.41, 5.74) is 0.625. The van der Waals surface area contributed by atoms with Gasteiger partial charge in [0.05, 0.1) is 9.47 Å². The molecule has 1 aromatic heterocycles. The summed E-state index contributed by atoms with van der Waals surface area (Å²) < 4.78 is 12.4. The standard InChI is InChI=1S/C19H16BrNO3S/c20-18-11-10-15(25-18)12-24-17-9-5-4-8-16(17)21-19(22)13-23-14-6-2-1-3-7-14/h1-11H,12-13H2,(H,21,22). The molecule has 25 heavy (non-hydrogen) atoms. The zero-order valence-corrected chi connectivity index (χ0v) is 15.7. The third-order valence-corrected chi connectivity index (χ3v) is 4.87. The molecule has 2 aromatic carbocycles. The highest BCUT2D eigenvalue weighted by Crippen LogP contribution is 2.27. The Morgan fingerprint density at radius 3 is 2.48 bits per heavy atom. The van der Waals surface area contributed by atoms with Crippen LogP contribution in [0.25, 0.3) is 0 Å². The Morgan fingerprint density at radius 2 is 1.72 bits per heavy atom. The van der Waals surface area contributed by atoms with Gasteiger partial charge in [0.15, 0.2) is 6.61 Å². The van der Waals surface area contributed by atoms with Crippen molar-refractivity contribution >= 4 is 38.9 Å². The van der Waals surface area contributed by atoms with Crippen LogP contribution >= 0.6 is 27.3 Å². The van der Waals surface area contributed by atoms with Gasteiger partial charge in [-0.2, -0.15) is 0 Å². The molecule has 0 aliphatic heterocycles. The van der Waals surface area contributed by atoms with E-state index in [0.29, 0.717) is 23.8 Å². The Hall–Kier alpha value is -2.31. The van der Waals surface area contributed by atoms with Gasteiger partial charge in [-0.3, -0.25) is 4.79 Å². The predicted molar refractivity (Wildman–Crippen MR) is 103 cm³/mol. The van der Waals surface area contributed by atoms with Crippen LogP contribution in [-0.4, -0.2) is 12.5 Å². The molecule has 3 aromatic rings. The molecule has 0 unspecified atom stereocenters. The molecular formula is C19H16BrNO3S. The van der Waals surface area contributed by atoms with Crippen LogP contribution < -0.4 is 14.8 Å². The van der Waals surface area contributed by atoms with Crippen molar-refractivity contribution in [2.24, 2.45) is 0 Å². The summed E-state index contributed by atoms with van der Waals surface area (Å²) in [5.74, 6) is 1.05. The number of nitrogens with one attached hydrogen (secondary N) is 1. The number of thiophene rings is 1. The van der Waals surface area contributed by atoms with Crippen LogP contribution in [0.3, 0.4) is 0 Å². The molecule has 0 aliphatic carbocycles. The SMILES string of the molecule is O=C(COc1ccccc1)Nc1ccccc1OCc1ccc(Br)s1. The number of carbonyl (C=O) groups excluding carboxylic acids is 1. The van der Waals surface area contributed by atoms with Crippen molar-refractivity contribution in [2.75, 3.05) is 11.9 Å². The molecule has 0 atom stereocenters. The molecule has 1 heterocycles. The molecule has 0 radical (unpaired) electrons. The number of ether oxygens (including phenoxy) is 2. The topological polar surface area (TPSA) is 47.6 Å². The monoisotopic (exact) mass is 417 g/mol. The first-order valence-electron chi connectivity index (χ1n) is 7.64. The smallest absolute Gasteiger partial charge is 0.262 e. The highest BCUT2D eigenvalue weighted by molar-refractivity contribution is 9.11. The van der Waals surface area contributed by atoms with Crippen LogP contribution in [0.1, 0.15) is 4.88 Å². The zero-order valence-electron chi connectivity index (χ0n) is 13.3. The summed E-state index contributed by atoms with van der Waals surface area (Å²) in [4.78, 5) is 13.2. The minimum atomic E-state index is -0.237. The summed E-state index contributed by atoms with van der Waals surface area (Å²) in [7, 11) is 0. The van der Waals surface area contributed by atoms with Crippen LogP contribution in [0.15, 0.2) is 70.5 Å². The molecule has 128 valence electrons. The van der Waals surface area contributed by atoms with Gasteiger partial charge in [-0.1, -0.05) is 30.3 Å². The van der Waals surface area contributed by atoms with Crippen molar-refractivity contribution in [1.29, 1.82) is 0 Å². The fraction of sp³-hybridized carbons (Fsp3) is 0.105. The molecular weight excluding hydrogens is 402 g/mol. The molecule has 0 spiro atoms. The van der Waals surface area contributed by atoms with Gasteiger partial charge >= 0.3 is 0 Å². The molecule has 1 N–H and O–H groups in total. The van der Waals surface area contributed by atoms with E-state index in [0.717, 1.165) is 8.66 Å². The normalized spacial score (nSPS) is 10.3. The first-order valence-corrected chi connectivity index (χ1v) is 9.25. The molecule has 4 nitrogen and oxygen atoms in total.